The molecule has 0 aromatic carbocycles. The topological polar surface area (TPSA) is 99.1 Å². The van der Waals surface area contributed by atoms with Crippen LogP contribution in [0.3, 0.4) is 0 Å². The Morgan fingerprint density at radius 3 is 1.54 bits per heavy atom. The number of carbonyl (C=O) groups is 3. The molecule has 2 atom stereocenters. The maximum atomic E-state index is 12.7. The second kappa shape index (κ2) is 37.0. The van der Waals surface area contributed by atoms with E-state index in [-0.39, 0.29) is 36.2 Å². The van der Waals surface area contributed by atoms with Crippen molar-refractivity contribution in [1.29, 1.82) is 0 Å². The molecule has 8 heteroatoms. The number of hydrogen-bond acceptors (Lipinski definition) is 6. The van der Waals surface area contributed by atoms with Crippen LogP contribution in [0.2, 0.25) is 0 Å². The van der Waals surface area contributed by atoms with Crippen LogP contribution in [0.15, 0.2) is 60.8 Å². The molecule has 54 heavy (non-hydrogen) atoms. The second-order valence-corrected chi connectivity index (χ2v) is 15.2. The van der Waals surface area contributed by atoms with Crippen LogP contribution in [-0.4, -0.2) is 80.6 Å². The van der Waals surface area contributed by atoms with Gasteiger partial charge in [-0.15, -0.1) is 0 Å². The average molecular weight is 759 g/mol. The predicted molar refractivity (Wildman–Crippen MR) is 224 cm³/mol. The Hall–Kier alpha value is -2.97. The number of hydrogen-bond donors (Lipinski definition) is 1. The lowest BCUT2D eigenvalue weighted by atomic mass is 10.1. The van der Waals surface area contributed by atoms with Gasteiger partial charge in [0.1, 0.15) is 6.61 Å². The summed E-state index contributed by atoms with van der Waals surface area (Å²) in [6, 6.07) is -0.620. The summed E-state index contributed by atoms with van der Waals surface area (Å²) in [7, 11) is 5.51. The van der Waals surface area contributed by atoms with Gasteiger partial charge in [0.15, 0.2) is 12.1 Å². The van der Waals surface area contributed by atoms with E-state index in [1.807, 2.05) is 21.1 Å². The Balaban J connectivity index is 4.40. The van der Waals surface area contributed by atoms with Crippen molar-refractivity contribution in [2.24, 2.45) is 0 Å². The Labute approximate surface area is 330 Å². The van der Waals surface area contributed by atoms with Crippen LogP contribution in [0, 0.1) is 0 Å². The van der Waals surface area contributed by atoms with Gasteiger partial charge in [0.2, 0.25) is 0 Å². The van der Waals surface area contributed by atoms with Gasteiger partial charge < -0.3 is 23.8 Å². The highest BCUT2D eigenvalue weighted by atomic mass is 16.6. The van der Waals surface area contributed by atoms with Crippen molar-refractivity contribution in [2.45, 2.75) is 174 Å². The third-order valence-corrected chi connectivity index (χ3v) is 9.18. The number of likely N-dealkylation sites (N-methyl/N-ethyl adjacent to an activating group) is 1. The molecule has 310 valence electrons. The minimum absolute atomic E-state index is 0.0496. The van der Waals surface area contributed by atoms with Gasteiger partial charge in [-0.25, -0.2) is 4.79 Å². The second-order valence-electron chi connectivity index (χ2n) is 15.2. The number of esters is 2. The summed E-state index contributed by atoms with van der Waals surface area (Å²) in [5.41, 5.74) is 0. The summed E-state index contributed by atoms with van der Waals surface area (Å²) < 4.78 is 17.2. The molecule has 0 heterocycles. The van der Waals surface area contributed by atoms with Crippen LogP contribution in [0.4, 0.5) is 0 Å². The molecule has 0 aromatic rings. The first-order valence-electron chi connectivity index (χ1n) is 21.3. The highest BCUT2D eigenvalue weighted by Gasteiger charge is 2.31. The predicted octanol–water partition coefficient (Wildman–Crippen LogP) is 11.4. The zero-order chi connectivity index (χ0) is 40.0. The van der Waals surface area contributed by atoms with Gasteiger partial charge in [-0.2, -0.15) is 0 Å². The molecule has 0 saturated carbocycles. The molecular weight excluding hydrogens is 679 g/mol. The van der Waals surface area contributed by atoms with E-state index in [2.05, 4.69) is 74.6 Å². The summed E-state index contributed by atoms with van der Waals surface area (Å²) >= 11 is 0. The van der Waals surface area contributed by atoms with Gasteiger partial charge in [-0.05, 0) is 57.8 Å². The molecule has 0 aliphatic carbocycles. The van der Waals surface area contributed by atoms with E-state index in [4.69, 9.17) is 14.2 Å². The lowest BCUT2D eigenvalue weighted by molar-refractivity contribution is -0.887. The monoisotopic (exact) mass is 759 g/mol. The molecule has 8 nitrogen and oxygen atoms in total. The summed E-state index contributed by atoms with van der Waals surface area (Å²) in [6.45, 7) is 4.57. The zero-order valence-corrected chi connectivity index (χ0v) is 35.2. The maximum absolute atomic E-state index is 12.7. The van der Waals surface area contributed by atoms with Crippen molar-refractivity contribution in [2.75, 3.05) is 41.0 Å². The molecule has 0 saturated heterocycles. The largest absolute Gasteiger partial charge is 0.477 e. The van der Waals surface area contributed by atoms with Gasteiger partial charge in [0.25, 0.3) is 0 Å². The Kier molecular flexibility index (Phi) is 34.9. The van der Waals surface area contributed by atoms with E-state index in [0.29, 0.717) is 19.3 Å². The fourth-order valence-corrected chi connectivity index (χ4v) is 5.88. The molecule has 0 aliphatic rings. The molecule has 0 bridgehead atoms. The molecule has 2 unspecified atom stereocenters. The standard InChI is InChI=1S/C46H79NO7/c1-6-8-10-12-14-16-18-19-20-21-22-23-24-25-27-28-30-32-34-36-44(48)53-41-42(40-52-39-38-43(46(50)51)47(3,4)5)54-45(49)37-35-33-31-29-26-17-15-13-11-9-7-2/h8,10,14,16,19-20,22-23,25,27,42-43H,6-7,9,11-13,15,17-18,21,24,26,28-41H2,1-5H3/p+1/b10-8+,16-14+,20-19+,23-22+,27-25+. The number of quaternary nitrogens is 1. The summed E-state index contributed by atoms with van der Waals surface area (Å²) in [5.74, 6) is -1.51. The number of carbonyl (C=O) groups excluding carboxylic acids is 2. The van der Waals surface area contributed by atoms with Gasteiger partial charge in [-0.1, -0.05) is 145 Å². The fourth-order valence-electron chi connectivity index (χ4n) is 5.88. The number of rotatable bonds is 37. The number of carboxylic acid groups (broad SMARTS) is 1. The number of nitrogens with zero attached hydrogens (tertiary/aromatic N) is 1. The van der Waals surface area contributed by atoms with Crippen LogP contribution in [0.5, 0.6) is 0 Å². The zero-order valence-electron chi connectivity index (χ0n) is 35.2. The van der Waals surface area contributed by atoms with Crippen LogP contribution in [0.25, 0.3) is 0 Å². The fraction of sp³-hybridized carbons (Fsp3) is 0.717. The van der Waals surface area contributed by atoms with E-state index in [1.165, 1.54) is 51.4 Å². The van der Waals surface area contributed by atoms with Crippen molar-refractivity contribution < 1.29 is 38.2 Å². The highest BCUT2D eigenvalue weighted by Crippen LogP contribution is 2.14. The summed E-state index contributed by atoms with van der Waals surface area (Å²) in [6.07, 6.45) is 44.0. The van der Waals surface area contributed by atoms with E-state index >= 15 is 0 Å². The lowest BCUT2D eigenvalue weighted by Gasteiger charge is -2.31. The first kappa shape index (κ1) is 51.0. The third kappa shape index (κ3) is 34.8. The van der Waals surface area contributed by atoms with Crippen LogP contribution < -0.4 is 0 Å². The summed E-state index contributed by atoms with van der Waals surface area (Å²) in [4.78, 5) is 36.9. The van der Waals surface area contributed by atoms with Crippen molar-refractivity contribution in [3.05, 3.63) is 60.8 Å². The first-order valence-corrected chi connectivity index (χ1v) is 21.3. The highest BCUT2D eigenvalue weighted by molar-refractivity contribution is 5.72. The Morgan fingerprint density at radius 1 is 0.574 bits per heavy atom. The number of carboxylic acids is 1. The molecule has 0 aliphatic heterocycles. The normalized spacial score (nSPS) is 13.6. The molecular formula is C46H80NO7+. The van der Waals surface area contributed by atoms with Gasteiger partial charge in [0, 0.05) is 19.3 Å². The van der Waals surface area contributed by atoms with Crippen molar-refractivity contribution in [1.82, 2.24) is 0 Å². The van der Waals surface area contributed by atoms with E-state index in [1.54, 1.807) is 0 Å². The Bertz CT molecular complexity index is 1070. The van der Waals surface area contributed by atoms with Gasteiger partial charge in [0.05, 0.1) is 34.4 Å². The number of ether oxygens (including phenoxy) is 3. The number of allylic oxidation sites excluding steroid dienone is 10. The quantitative estimate of drug-likeness (QED) is 0.0291. The Morgan fingerprint density at radius 2 is 1.04 bits per heavy atom. The molecule has 0 radical (unpaired) electrons. The summed E-state index contributed by atoms with van der Waals surface area (Å²) in [5, 5.41) is 9.60. The minimum atomic E-state index is -0.882. The van der Waals surface area contributed by atoms with E-state index < -0.39 is 18.1 Å². The lowest BCUT2D eigenvalue weighted by Crippen LogP contribution is -2.50. The van der Waals surface area contributed by atoms with Crippen molar-refractivity contribution in [3.8, 4) is 0 Å². The molecule has 1 N–H and O–H groups in total. The number of unbranched alkanes of at least 4 members (excludes halogenated alkanes) is 13. The molecule has 0 fully saturated rings. The van der Waals surface area contributed by atoms with Crippen molar-refractivity contribution >= 4 is 17.9 Å². The van der Waals surface area contributed by atoms with Crippen LogP contribution in [-0.2, 0) is 28.6 Å². The van der Waals surface area contributed by atoms with E-state index in [9.17, 15) is 19.5 Å². The third-order valence-electron chi connectivity index (χ3n) is 9.18. The van der Waals surface area contributed by atoms with Crippen molar-refractivity contribution in [3.63, 3.8) is 0 Å². The minimum Gasteiger partial charge on any atom is -0.477 e. The van der Waals surface area contributed by atoms with Gasteiger partial charge in [-0.3, -0.25) is 9.59 Å². The molecule has 0 aromatic heterocycles. The molecule has 0 amide bonds. The van der Waals surface area contributed by atoms with Crippen LogP contribution in [0.1, 0.15) is 162 Å². The molecule has 0 rings (SSSR count). The maximum Gasteiger partial charge on any atom is 0.362 e. The van der Waals surface area contributed by atoms with E-state index in [0.717, 1.165) is 77.0 Å². The average Bonchev–Trinajstić information content (AvgIpc) is 3.12. The smallest absolute Gasteiger partial charge is 0.362 e. The molecule has 0 spiro atoms. The van der Waals surface area contributed by atoms with Gasteiger partial charge >= 0.3 is 17.9 Å². The SMILES string of the molecule is CC/C=C/C/C=C/C/C=C/C/C=C/C/C=C/CCCCCC(=O)OCC(COCCC(C(=O)O)[N+](C)(C)C)OC(=O)CCCCCCCCCCCCC. The number of aliphatic carboxylic acids is 1. The van der Waals surface area contributed by atoms with Crippen LogP contribution >= 0.6 is 0 Å². The first-order chi connectivity index (χ1) is 26.1.